The van der Waals surface area contributed by atoms with Crippen molar-refractivity contribution >= 4 is 17.9 Å². The number of carboxylic acid groups (broad SMARTS) is 1. The monoisotopic (exact) mass is 476 g/mol. The highest BCUT2D eigenvalue weighted by molar-refractivity contribution is 5.67. The highest BCUT2D eigenvalue weighted by Gasteiger charge is 2.30. The Hall–Kier alpha value is -2.37. The van der Waals surface area contributed by atoms with Crippen molar-refractivity contribution in [2.45, 2.75) is 110 Å². The third kappa shape index (κ3) is 14.0. The average molecular weight is 477 g/mol. The summed E-state index contributed by atoms with van der Waals surface area (Å²) in [6, 6.07) is 0. The van der Waals surface area contributed by atoms with Crippen LogP contribution in [0.1, 0.15) is 97.8 Å². The average Bonchev–Trinajstić information content (AvgIpc) is 2.77. The first-order valence-electron chi connectivity index (χ1n) is 12.9. The number of esters is 2. The zero-order valence-corrected chi connectivity index (χ0v) is 21.2. The van der Waals surface area contributed by atoms with E-state index in [-0.39, 0.29) is 42.4 Å². The maximum Gasteiger partial charge on any atom is 0.303 e. The Morgan fingerprint density at radius 2 is 1.59 bits per heavy atom. The zero-order valence-electron chi connectivity index (χ0n) is 21.2. The van der Waals surface area contributed by atoms with Gasteiger partial charge in [-0.3, -0.25) is 14.4 Å². The van der Waals surface area contributed by atoms with Crippen molar-refractivity contribution in [1.29, 1.82) is 0 Å². The van der Waals surface area contributed by atoms with Crippen LogP contribution in [0.2, 0.25) is 0 Å². The van der Waals surface area contributed by atoms with Gasteiger partial charge >= 0.3 is 17.9 Å². The lowest BCUT2D eigenvalue weighted by atomic mass is 9.78. The normalized spacial score (nSPS) is 19.9. The molecule has 0 fully saturated rings. The van der Waals surface area contributed by atoms with Crippen molar-refractivity contribution in [1.82, 2.24) is 0 Å². The maximum atomic E-state index is 11.7. The minimum absolute atomic E-state index is 0.0692. The molecule has 6 nitrogen and oxygen atoms in total. The fourth-order valence-corrected chi connectivity index (χ4v) is 4.46. The molecule has 1 N–H and O–H groups in total. The molecule has 6 heteroatoms. The SMILES string of the molecule is CCCCCCCCC(/C=C/C=C/[C@@H]1CC=CC[C@@H]1C(CCCC(=O)O)OC(C)=O)OC(C)=O. The lowest BCUT2D eigenvalue weighted by Crippen LogP contribution is -2.32. The van der Waals surface area contributed by atoms with Crippen LogP contribution in [0, 0.1) is 11.8 Å². The number of allylic oxidation sites excluding steroid dienone is 5. The van der Waals surface area contributed by atoms with Gasteiger partial charge in [-0.25, -0.2) is 0 Å². The maximum absolute atomic E-state index is 11.7. The highest BCUT2D eigenvalue weighted by atomic mass is 16.5. The molecule has 0 heterocycles. The zero-order chi connectivity index (χ0) is 25.2. The van der Waals surface area contributed by atoms with E-state index < -0.39 is 5.97 Å². The molecule has 0 amide bonds. The Kier molecular flexibility index (Phi) is 15.7. The van der Waals surface area contributed by atoms with E-state index in [1.807, 2.05) is 18.2 Å². The minimum Gasteiger partial charge on any atom is -0.481 e. The van der Waals surface area contributed by atoms with E-state index in [1.165, 1.54) is 39.5 Å². The van der Waals surface area contributed by atoms with Gasteiger partial charge in [-0.15, -0.1) is 0 Å². The molecule has 0 aliphatic heterocycles. The van der Waals surface area contributed by atoms with Crippen LogP contribution in [-0.4, -0.2) is 35.2 Å². The van der Waals surface area contributed by atoms with Gasteiger partial charge in [-0.2, -0.15) is 0 Å². The fourth-order valence-electron chi connectivity index (χ4n) is 4.46. The summed E-state index contributed by atoms with van der Waals surface area (Å²) in [5.74, 6) is -1.15. The Morgan fingerprint density at radius 3 is 2.26 bits per heavy atom. The first-order valence-corrected chi connectivity index (χ1v) is 12.9. The second kappa shape index (κ2) is 18.0. The van der Waals surface area contributed by atoms with Gasteiger partial charge in [0.05, 0.1) is 0 Å². The van der Waals surface area contributed by atoms with Crippen LogP contribution in [0.4, 0.5) is 0 Å². The fraction of sp³-hybridized carbons (Fsp3) is 0.679. The van der Waals surface area contributed by atoms with Crippen LogP contribution in [0.3, 0.4) is 0 Å². The molecule has 0 aromatic carbocycles. The number of carbonyl (C=O) groups is 3. The lowest BCUT2D eigenvalue weighted by Gasteiger charge is -2.33. The molecule has 2 unspecified atom stereocenters. The summed E-state index contributed by atoms with van der Waals surface area (Å²) in [7, 11) is 0. The number of ether oxygens (including phenoxy) is 2. The predicted molar refractivity (Wildman–Crippen MR) is 134 cm³/mol. The van der Waals surface area contributed by atoms with Crippen LogP contribution in [0.25, 0.3) is 0 Å². The summed E-state index contributed by atoms with van der Waals surface area (Å²) >= 11 is 0. The number of rotatable bonds is 17. The highest BCUT2D eigenvalue weighted by Crippen LogP contribution is 2.33. The Bertz CT molecular complexity index is 693. The molecule has 0 bridgehead atoms. The second-order valence-corrected chi connectivity index (χ2v) is 9.18. The molecule has 1 aliphatic rings. The predicted octanol–water partition coefficient (Wildman–Crippen LogP) is 6.55. The smallest absolute Gasteiger partial charge is 0.303 e. The van der Waals surface area contributed by atoms with Crippen molar-refractivity contribution in [2.75, 3.05) is 0 Å². The van der Waals surface area contributed by atoms with Gasteiger partial charge in [0.1, 0.15) is 12.2 Å². The third-order valence-electron chi connectivity index (χ3n) is 6.16. The summed E-state index contributed by atoms with van der Waals surface area (Å²) in [4.78, 5) is 34.0. The van der Waals surface area contributed by atoms with Crippen molar-refractivity contribution < 1.29 is 29.0 Å². The standard InChI is InChI=1S/C28H44O6/c1-4-5-6-7-8-9-17-25(33-22(2)29)18-12-10-15-24-16-11-13-19-26(24)27(34-23(3)30)20-14-21-28(31)32/h10-13,15,18,24-27H,4-9,14,16-17,19-21H2,1-3H3,(H,31,32)/b15-10+,18-12+/t24-,25?,26+,27?/m1/s1. The number of hydrogen-bond acceptors (Lipinski definition) is 5. The van der Waals surface area contributed by atoms with E-state index in [1.54, 1.807) is 0 Å². The van der Waals surface area contributed by atoms with E-state index in [2.05, 4.69) is 25.2 Å². The minimum atomic E-state index is -0.838. The number of aliphatic carboxylic acids is 1. The summed E-state index contributed by atoms with van der Waals surface area (Å²) in [6.07, 6.45) is 22.4. The number of carbonyl (C=O) groups excluding carboxylic acids is 2. The van der Waals surface area contributed by atoms with Gasteiger partial charge in [0.15, 0.2) is 0 Å². The van der Waals surface area contributed by atoms with Crippen LogP contribution >= 0.6 is 0 Å². The molecular weight excluding hydrogens is 432 g/mol. The first-order chi connectivity index (χ1) is 16.3. The Balaban J connectivity index is 2.70. The van der Waals surface area contributed by atoms with E-state index >= 15 is 0 Å². The number of unbranched alkanes of at least 4 members (excludes halogenated alkanes) is 5. The van der Waals surface area contributed by atoms with Gasteiger partial charge in [0.25, 0.3) is 0 Å². The van der Waals surface area contributed by atoms with Crippen molar-refractivity contribution in [2.24, 2.45) is 11.8 Å². The quantitative estimate of drug-likeness (QED) is 0.111. The number of carboxylic acids is 1. The molecule has 0 spiro atoms. The van der Waals surface area contributed by atoms with E-state index in [0.717, 1.165) is 32.1 Å². The molecule has 1 rings (SSSR count). The largest absolute Gasteiger partial charge is 0.481 e. The summed E-state index contributed by atoms with van der Waals surface area (Å²) in [6.45, 7) is 5.04. The molecule has 1 aliphatic carbocycles. The molecule has 192 valence electrons. The topological polar surface area (TPSA) is 89.9 Å². The van der Waals surface area contributed by atoms with Gasteiger partial charge in [0, 0.05) is 26.2 Å². The summed E-state index contributed by atoms with van der Waals surface area (Å²) < 4.78 is 11.1. The molecule has 0 saturated heterocycles. The van der Waals surface area contributed by atoms with Gasteiger partial charge in [-0.05, 0) is 50.5 Å². The van der Waals surface area contributed by atoms with Crippen LogP contribution in [-0.2, 0) is 23.9 Å². The Morgan fingerprint density at radius 1 is 0.912 bits per heavy atom. The van der Waals surface area contributed by atoms with Gasteiger partial charge in [-0.1, -0.05) is 69.4 Å². The summed E-state index contributed by atoms with van der Waals surface area (Å²) in [5.41, 5.74) is 0. The lowest BCUT2D eigenvalue weighted by molar-refractivity contribution is -0.150. The van der Waals surface area contributed by atoms with Crippen molar-refractivity contribution in [3.63, 3.8) is 0 Å². The molecule has 0 aromatic rings. The van der Waals surface area contributed by atoms with Crippen molar-refractivity contribution in [3.05, 3.63) is 36.5 Å². The van der Waals surface area contributed by atoms with Crippen LogP contribution in [0.5, 0.6) is 0 Å². The summed E-state index contributed by atoms with van der Waals surface area (Å²) in [5, 5.41) is 8.95. The van der Waals surface area contributed by atoms with Gasteiger partial charge < -0.3 is 14.6 Å². The molecule has 4 atom stereocenters. The first kappa shape index (κ1) is 29.7. The van der Waals surface area contributed by atoms with Crippen molar-refractivity contribution in [3.8, 4) is 0 Å². The third-order valence-corrected chi connectivity index (χ3v) is 6.16. The molecule has 0 aromatic heterocycles. The van der Waals surface area contributed by atoms with E-state index in [4.69, 9.17) is 14.6 Å². The molecule has 0 radical (unpaired) electrons. The van der Waals surface area contributed by atoms with Crippen LogP contribution in [0.15, 0.2) is 36.5 Å². The Labute approximate surface area is 205 Å². The van der Waals surface area contributed by atoms with E-state index in [9.17, 15) is 14.4 Å². The molecular formula is C28H44O6. The molecule has 0 saturated carbocycles. The number of hydrogen-bond donors (Lipinski definition) is 1. The molecule has 34 heavy (non-hydrogen) atoms. The van der Waals surface area contributed by atoms with E-state index in [0.29, 0.717) is 12.8 Å². The van der Waals surface area contributed by atoms with Gasteiger partial charge in [0.2, 0.25) is 0 Å². The van der Waals surface area contributed by atoms with Crippen LogP contribution < -0.4 is 0 Å². The second-order valence-electron chi connectivity index (χ2n) is 9.18.